The lowest BCUT2D eigenvalue weighted by Gasteiger charge is -2.11. The van der Waals surface area contributed by atoms with Gasteiger partial charge in [0, 0.05) is 29.0 Å². The van der Waals surface area contributed by atoms with Gasteiger partial charge < -0.3 is 16.0 Å². The van der Waals surface area contributed by atoms with Crippen molar-refractivity contribution in [3.8, 4) is 0 Å². The third-order valence-electron chi connectivity index (χ3n) is 3.78. The maximum absolute atomic E-state index is 11.2. The number of nitrogen functional groups attached to an aromatic ring is 1. The molecule has 0 fully saturated rings. The lowest BCUT2D eigenvalue weighted by molar-refractivity contribution is 0.100. The lowest BCUT2D eigenvalue weighted by Crippen LogP contribution is -2.12. The van der Waals surface area contributed by atoms with Gasteiger partial charge >= 0.3 is 0 Å². The van der Waals surface area contributed by atoms with Gasteiger partial charge in [0.25, 0.3) is 0 Å². The third-order valence-corrected chi connectivity index (χ3v) is 3.78. The van der Waals surface area contributed by atoms with Gasteiger partial charge in [-0.25, -0.2) is 0 Å². The number of nitrogens with zero attached hydrogens (tertiary/aromatic N) is 1. The quantitative estimate of drug-likeness (QED) is 0.723. The smallest absolute Gasteiger partial charge is 0.248 e. The molecule has 0 spiro atoms. The van der Waals surface area contributed by atoms with E-state index in [0.29, 0.717) is 17.8 Å². The molecule has 4 nitrogen and oxygen atoms in total. The number of amides is 1. The van der Waals surface area contributed by atoms with E-state index in [4.69, 9.17) is 11.5 Å². The van der Waals surface area contributed by atoms with E-state index in [-0.39, 0.29) is 0 Å². The van der Waals surface area contributed by atoms with E-state index < -0.39 is 5.91 Å². The molecule has 0 aliphatic carbocycles. The number of rotatable bonds is 3. The third kappa shape index (κ3) is 2.36. The highest BCUT2D eigenvalue weighted by molar-refractivity contribution is 5.93. The molecule has 3 rings (SSSR count). The Morgan fingerprint density at radius 1 is 1.14 bits per heavy atom. The number of primary amides is 1. The van der Waals surface area contributed by atoms with Crippen molar-refractivity contribution in [3.63, 3.8) is 0 Å². The Labute approximate surface area is 123 Å². The summed E-state index contributed by atoms with van der Waals surface area (Å²) in [5, 5.41) is 1.21. The maximum atomic E-state index is 11.2. The largest absolute Gasteiger partial charge is 0.398 e. The number of hydrogen-bond donors (Lipinski definition) is 2. The van der Waals surface area contributed by atoms with Crippen LogP contribution >= 0.6 is 0 Å². The molecule has 2 aromatic carbocycles. The molecule has 0 saturated heterocycles. The van der Waals surface area contributed by atoms with E-state index in [2.05, 4.69) is 29.7 Å². The molecular weight excluding hydrogens is 262 g/mol. The van der Waals surface area contributed by atoms with E-state index in [9.17, 15) is 4.79 Å². The molecule has 0 saturated carbocycles. The molecule has 106 valence electrons. The Hall–Kier alpha value is -2.75. The summed E-state index contributed by atoms with van der Waals surface area (Å²) in [7, 11) is 0. The van der Waals surface area contributed by atoms with Gasteiger partial charge in [0.2, 0.25) is 5.91 Å². The Morgan fingerprint density at radius 2 is 1.90 bits per heavy atom. The fourth-order valence-corrected chi connectivity index (χ4v) is 2.62. The Bertz CT molecular complexity index is 833. The first-order valence-electron chi connectivity index (χ1n) is 6.79. The van der Waals surface area contributed by atoms with Crippen molar-refractivity contribution >= 4 is 22.5 Å². The SMILES string of the molecule is Cc1cc2ccccc2n1Cc1ccc(C(N)=O)cc1N. The van der Waals surface area contributed by atoms with Crippen LogP contribution in [0.2, 0.25) is 0 Å². The van der Waals surface area contributed by atoms with Crippen LogP contribution in [-0.2, 0) is 6.54 Å². The first kappa shape index (κ1) is 13.2. The summed E-state index contributed by atoms with van der Waals surface area (Å²) in [6.45, 7) is 2.75. The van der Waals surface area contributed by atoms with Crippen LogP contribution in [0.15, 0.2) is 48.5 Å². The number of benzene rings is 2. The second-order valence-electron chi connectivity index (χ2n) is 5.21. The minimum absolute atomic E-state index is 0.435. The van der Waals surface area contributed by atoms with Crippen molar-refractivity contribution < 1.29 is 4.79 Å². The number of fused-ring (bicyclic) bond motifs is 1. The van der Waals surface area contributed by atoms with Gasteiger partial charge in [-0.1, -0.05) is 24.3 Å². The maximum Gasteiger partial charge on any atom is 0.248 e. The molecule has 0 atom stereocenters. The van der Waals surface area contributed by atoms with Crippen molar-refractivity contribution in [2.45, 2.75) is 13.5 Å². The van der Waals surface area contributed by atoms with Crippen LogP contribution in [0, 0.1) is 6.92 Å². The number of para-hydroxylation sites is 1. The number of hydrogen-bond acceptors (Lipinski definition) is 2. The first-order chi connectivity index (χ1) is 10.1. The summed E-state index contributed by atoms with van der Waals surface area (Å²) in [6, 6.07) is 15.6. The number of carbonyl (C=O) groups is 1. The molecule has 4 heteroatoms. The minimum atomic E-state index is -0.462. The second-order valence-corrected chi connectivity index (χ2v) is 5.21. The average Bonchev–Trinajstić information content (AvgIpc) is 2.77. The monoisotopic (exact) mass is 279 g/mol. The fourth-order valence-electron chi connectivity index (χ4n) is 2.62. The van der Waals surface area contributed by atoms with Gasteiger partial charge in [-0.15, -0.1) is 0 Å². The van der Waals surface area contributed by atoms with Crippen LogP contribution < -0.4 is 11.5 Å². The van der Waals surface area contributed by atoms with Crippen LogP contribution in [0.1, 0.15) is 21.6 Å². The predicted octanol–water partition coefficient (Wildman–Crippen LogP) is 2.68. The summed E-state index contributed by atoms with van der Waals surface area (Å²) < 4.78 is 2.21. The normalized spacial score (nSPS) is 10.9. The van der Waals surface area contributed by atoms with Crippen LogP contribution in [-0.4, -0.2) is 10.5 Å². The van der Waals surface area contributed by atoms with Gasteiger partial charge in [0.1, 0.15) is 0 Å². The molecule has 0 bridgehead atoms. The highest BCUT2D eigenvalue weighted by atomic mass is 16.1. The molecular formula is C17H17N3O. The molecule has 0 radical (unpaired) electrons. The van der Waals surface area contributed by atoms with Gasteiger partial charge in [-0.05, 0) is 42.1 Å². The van der Waals surface area contributed by atoms with Gasteiger partial charge in [-0.2, -0.15) is 0 Å². The Balaban J connectivity index is 2.03. The molecule has 0 unspecified atom stereocenters. The number of nitrogens with two attached hydrogens (primary N) is 2. The summed E-state index contributed by atoms with van der Waals surface area (Å²) in [5.74, 6) is -0.462. The average molecular weight is 279 g/mol. The summed E-state index contributed by atoms with van der Waals surface area (Å²) >= 11 is 0. The number of carbonyl (C=O) groups excluding carboxylic acids is 1. The zero-order valence-electron chi connectivity index (χ0n) is 11.8. The topological polar surface area (TPSA) is 74.0 Å². The van der Waals surface area contributed by atoms with Crippen LogP contribution in [0.4, 0.5) is 5.69 Å². The molecule has 1 amide bonds. The van der Waals surface area contributed by atoms with Gasteiger partial charge in [0.15, 0.2) is 0 Å². The van der Waals surface area contributed by atoms with Crippen LogP contribution in [0.5, 0.6) is 0 Å². The number of aromatic nitrogens is 1. The fraction of sp³-hybridized carbons (Fsp3) is 0.118. The predicted molar refractivity (Wildman–Crippen MR) is 85.1 cm³/mol. The zero-order chi connectivity index (χ0) is 15.0. The lowest BCUT2D eigenvalue weighted by atomic mass is 10.1. The van der Waals surface area contributed by atoms with Crippen molar-refractivity contribution in [3.05, 3.63) is 65.4 Å². The highest BCUT2D eigenvalue weighted by Gasteiger charge is 2.09. The van der Waals surface area contributed by atoms with E-state index in [1.165, 1.54) is 16.6 Å². The molecule has 0 aliphatic heterocycles. The van der Waals surface area contributed by atoms with Crippen molar-refractivity contribution in [1.29, 1.82) is 0 Å². The minimum Gasteiger partial charge on any atom is -0.398 e. The van der Waals surface area contributed by atoms with Crippen molar-refractivity contribution in [2.75, 3.05) is 5.73 Å². The van der Waals surface area contributed by atoms with E-state index in [1.54, 1.807) is 12.1 Å². The molecule has 21 heavy (non-hydrogen) atoms. The van der Waals surface area contributed by atoms with E-state index in [0.717, 1.165) is 5.56 Å². The highest BCUT2D eigenvalue weighted by Crippen LogP contribution is 2.23. The molecule has 4 N–H and O–H groups in total. The van der Waals surface area contributed by atoms with Crippen molar-refractivity contribution in [2.24, 2.45) is 5.73 Å². The standard InChI is InChI=1S/C17H17N3O/c1-11-8-12-4-2-3-5-16(12)20(11)10-14-7-6-13(17(19)21)9-15(14)18/h2-9H,10,18H2,1H3,(H2,19,21). The van der Waals surface area contributed by atoms with Gasteiger partial charge in [0.05, 0.1) is 0 Å². The summed E-state index contributed by atoms with van der Waals surface area (Å²) in [6.07, 6.45) is 0. The first-order valence-corrected chi connectivity index (χ1v) is 6.79. The molecule has 3 aromatic rings. The molecule has 1 aromatic heterocycles. The molecule has 1 heterocycles. The summed E-state index contributed by atoms with van der Waals surface area (Å²) in [5.41, 5.74) is 15.7. The van der Waals surface area contributed by atoms with E-state index >= 15 is 0 Å². The van der Waals surface area contributed by atoms with E-state index in [1.807, 2.05) is 18.2 Å². The van der Waals surface area contributed by atoms with Gasteiger partial charge in [-0.3, -0.25) is 4.79 Å². The zero-order valence-corrected chi connectivity index (χ0v) is 11.8. The van der Waals surface area contributed by atoms with Crippen LogP contribution in [0.25, 0.3) is 10.9 Å². The molecule has 0 aliphatic rings. The Kier molecular flexibility index (Phi) is 3.14. The van der Waals surface area contributed by atoms with Crippen molar-refractivity contribution in [1.82, 2.24) is 4.57 Å². The Morgan fingerprint density at radius 3 is 2.62 bits per heavy atom. The number of aryl methyl sites for hydroxylation is 1. The second kappa shape index (κ2) is 4.98. The number of anilines is 1. The summed E-state index contributed by atoms with van der Waals surface area (Å²) in [4.78, 5) is 11.2. The van der Waals surface area contributed by atoms with Crippen LogP contribution in [0.3, 0.4) is 0 Å².